The molecule has 1 amide bonds. The molecule has 0 saturated carbocycles. The Kier molecular flexibility index (Phi) is 6.33. The standard InChI is InChI=1S/C19H18ClN5O3/c20-15-6-4-14(5-7-15)16-8-9-19(28)25(23-16)13-17(26)21-10-2-12-24-18(27)3-1-11-22-24/h1,3-9,11H,2,10,12-13H2,(H,21,26). The summed E-state index contributed by atoms with van der Waals surface area (Å²) in [6, 6.07) is 13.0. The van der Waals surface area contributed by atoms with E-state index in [1.807, 2.05) is 0 Å². The lowest BCUT2D eigenvalue weighted by Crippen LogP contribution is -2.34. The van der Waals surface area contributed by atoms with Gasteiger partial charge in [-0.3, -0.25) is 14.4 Å². The molecule has 0 aliphatic carbocycles. The number of aromatic nitrogens is 4. The topological polar surface area (TPSA) is 98.9 Å². The number of hydrogen-bond donors (Lipinski definition) is 1. The number of carbonyl (C=O) groups excluding carboxylic acids is 1. The Morgan fingerprint density at radius 3 is 2.50 bits per heavy atom. The average Bonchev–Trinajstić information content (AvgIpc) is 2.69. The molecular weight excluding hydrogens is 382 g/mol. The molecule has 0 spiro atoms. The number of carbonyl (C=O) groups is 1. The monoisotopic (exact) mass is 399 g/mol. The van der Waals surface area contributed by atoms with E-state index in [1.165, 1.54) is 23.0 Å². The van der Waals surface area contributed by atoms with Gasteiger partial charge >= 0.3 is 0 Å². The minimum atomic E-state index is -0.368. The first kappa shape index (κ1) is 19.5. The zero-order chi connectivity index (χ0) is 19.9. The molecule has 0 unspecified atom stereocenters. The second kappa shape index (κ2) is 9.09. The van der Waals surface area contributed by atoms with Gasteiger partial charge in [0.25, 0.3) is 11.1 Å². The maximum absolute atomic E-state index is 12.1. The third kappa shape index (κ3) is 5.14. The van der Waals surface area contributed by atoms with Crippen molar-refractivity contribution in [3.05, 3.63) is 80.5 Å². The van der Waals surface area contributed by atoms with Gasteiger partial charge in [-0.25, -0.2) is 9.36 Å². The van der Waals surface area contributed by atoms with Crippen LogP contribution in [0.15, 0.2) is 64.3 Å². The summed E-state index contributed by atoms with van der Waals surface area (Å²) in [5.74, 6) is -0.337. The van der Waals surface area contributed by atoms with Crippen LogP contribution in [0.5, 0.6) is 0 Å². The summed E-state index contributed by atoms with van der Waals surface area (Å²) in [5.41, 5.74) is 0.800. The van der Waals surface area contributed by atoms with E-state index in [-0.39, 0.29) is 23.6 Å². The summed E-state index contributed by atoms with van der Waals surface area (Å²) in [7, 11) is 0. The molecule has 144 valence electrons. The van der Waals surface area contributed by atoms with E-state index in [1.54, 1.807) is 36.4 Å². The summed E-state index contributed by atoms with van der Waals surface area (Å²) in [4.78, 5) is 35.7. The van der Waals surface area contributed by atoms with E-state index < -0.39 is 0 Å². The fraction of sp³-hybridized carbons (Fsp3) is 0.211. The van der Waals surface area contributed by atoms with Gasteiger partial charge in [-0.2, -0.15) is 10.2 Å². The molecule has 1 aromatic carbocycles. The predicted molar refractivity (Wildman–Crippen MR) is 105 cm³/mol. The summed E-state index contributed by atoms with van der Waals surface area (Å²) in [6.07, 6.45) is 2.07. The molecule has 1 N–H and O–H groups in total. The largest absolute Gasteiger partial charge is 0.354 e. The number of halogens is 1. The van der Waals surface area contributed by atoms with Crippen LogP contribution in [0.3, 0.4) is 0 Å². The zero-order valence-electron chi connectivity index (χ0n) is 14.9. The predicted octanol–water partition coefficient (Wildman–Crippen LogP) is 1.33. The lowest BCUT2D eigenvalue weighted by Gasteiger charge is -2.09. The van der Waals surface area contributed by atoms with Crippen molar-refractivity contribution >= 4 is 17.5 Å². The van der Waals surface area contributed by atoms with Crippen LogP contribution in [0.25, 0.3) is 11.3 Å². The van der Waals surface area contributed by atoms with Crippen molar-refractivity contribution in [2.75, 3.05) is 6.54 Å². The molecule has 8 nitrogen and oxygen atoms in total. The zero-order valence-corrected chi connectivity index (χ0v) is 15.7. The quantitative estimate of drug-likeness (QED) is 0.604. The Labute approximate surface area is 165 Å². The van der Waals surface area contributed by atoms with Crippen molar-refractivity contribution in [2.45, 2.75) is 19.5 Å². The van der Waals surface area contributed by atoms with Gasteiger partial charge in [0.1, 0.15) is 6.54 Å². The highest BCUT2D eigenvalue weighted by Crippen LogP contribution is 2.18. The van der Waals surface area contributed by atoms with Crippen molar-refractivity contribution in [2.24, 2.45) is 0 Å². The van der Waals surface area contributed by atoms with Crippen LogP contribution < -0.4 is 16.4 Å². The van der Waals surface area contributed by atoms with Crippen molar-refractivity contribution in [3.8, 4) is 11.3 Å². The van der Waals surface area contributed by atoms with Crippen molar-refractivity contribution < 1.29 is 4.79 Å². The number of nitrogens with one attached hydrogen (secondary N) is 1. The highest BCUT2D eigenvalue weighted by Gasteiger charge is 2.08. The summed E-state index contributed by atoms with van der Waals surface area (Å²) >= 11 is 5.88. The van der Waals surface area contributed by atoms with E-state index in [0.29, 0.717) is 30.2 Å². The molecular formula is C19H18ClN5O3. The fourth-order valence-electron chi connectivity index (χ4n) is 2.54. The minimum absolute atomic E-state index is 0.191. The molecule has 9 heteroatoms. The minimum Gasteiger partial charge on any atom is -0.354 e. The maximum atomic E-state index is 12.1. The third-order valence-corrected chi connectivity index (χ3v) is 4.21. The van der Waals surface area contributed by atoms with Gasteiger partial charge in [-0.05, 0) is 30.7 Å². The summed E-state index contributed by atoms with van der Waals surface area (Å²) in [6.45, 7) is 0.557. The molecule has 0 radical (unpaired) electrons. The van der Waals surface area contributed by atoms with Gasteiger partial charge in [0.15, 0.2) is 0 Å². The van der Waals surface area contributed by atoms with Gasteiger partial charge < -0.3 is 5.32 Å². The Morgan fingerprint density at radius 2 is 1.75 bits per heavy atom. The smallest absolute Gasteiger partial charge is 0.267 e. The second-order valence-electron chi connectivity index (χ2n) is 6.01. The number of aryl methyl sites for hydroxylation is 1. The normalized spacial score (nSPS) is 10.6. The Balaban J connectivity index is 1.57. The summed E-state index contributed by atoms with van der Waals surface area (Å²) in [5, 5.41) is 11.5. The van der Waals surface area contributed by atoms with Crippen molar-refractivity contribution in [1.82, 2.24) is 24.9 Å². The van der Waals surface area contributed by atoms with E-state index in [9.17, 15) is 14.4 Å². The Hall–Kier alpha value is -3.26. The number of amides is 1. The van der Waals surface area contributed by atoms with Crippen LogP contribution in [0.1, 0.15) is 6.42 Å². The van der Waals surface area contributed by atoms with E-state index in [0.717, 1.165) is 10.2 Å². The molecule has 3 rings (SSSR count). The maximum Gasteiger partial charge on any atom is 0.267 e. The first-order chi connectivity index (χ1) is 13.5. The van der Waals surface area contributed by atoms with Gasteiger partial charge in [-0.15, -0.1) is 0 Å². The average molecular weight is 400 g/mol. The third-order valence-electron chi connectivity index (χ3n) is 3.95. The molecule has 0 saturated heterocycles. The molecule has 28 heavy (non-hydrogen) atoms. The van der Waals surface area contributed by atoms with Crippen LogP contribution in [-0.4, -0.2) is 32.0 Å². The molecule has 3 aromatic rings. The first-order valence-electron chi connectivity index (χ1n) is 8.66. The Bertz CT molecular complexity index is 1080. The number of hydrogen-bond acceptors (Lipinski definition) is 5. The molecule has 2 aromatic heterocycles. The first-order valence-corrected chi connectivity index (χ1v) is 9.04. The lowest BCUT2D eigenvalue weighted by molar-refractivity contribution is -0.121. The lowest BCUT2D eigenvalue weighted by atomic mass is 10.1. The number of rotatable bonds is 7. The van der Waals surface area contributed by atoms with Crippen LogP contribution in [0.4, 0.5) is 0 Å². The number of nitrogens with zero attached hydrogens (tertiary/aromatic N) is 4. The second-order valence-corrected chi connectivity index (χ2v) is 6.45. The highest BCUT2D eigenvalue weighted by atomic mass is 35.5. The van der Waals surface area contributed by atoms with Crippen LogP contribution in [0, 0.1) is 0 Å². The van der Waals surface area contributed by atoms with Crippen LogP contribution in [-0.2, 0) is 17.9 Å². The van der Waals surface area contributed by atoms with Crippen LogP contribution >= 0.6 is 11.6 Å². The van der Waals surface area contributed by atoms with Gasteiger partial charge in [0.2, 0.25) is 5.91 Å². The summed E-state index contributed by atoms with van der Waals surface area (Å²) < 4.78 is 2.44. The Morgan fingerprint density at radius 1 is 1.00 bits per heavy atom. The van der Waals surface area contributed by atoms with Gasteiger partial charge in [0.05, 0.1) is 5.69 Å². The van der Waals surface area contributed by atoms with Gasteiger partial charge in [-0.1, -0.05) is 23.7 Å². The van der Waals surface area contributed by atoms with E-state index in [4.69, 9.17) is 11.6 Å². The fourth-order valence-corrected chi connectivity index (χ4v) is 2.67. The van der Waals surface area contributed by atoms with E-state index in [2.05, 4.69) is 15.5 Å². The molecule has 2 heterocycles. The molecule has 0 fully saturated rings. The molecule has 0 bridgehead atoms. The highest BCUT2D eigenvalue weighted by molar-refractivity contribution is 6.30. The van der Waals surface area contributed by atoms with E-state index >= 15 is 0 Å². The SMILES string of the molecule is O=C(Cn1nc(-c2ccc(Cl)cc2)ccc1=O)NCCCn1ncccc1=O. The van der Waals surface area contributed by atoms with Crippen molar-refractivity contribution in [3.63, 3.8) is 0 Å². The molecule has 0 atom stereocenters. The molecule has 0 aliphatic rings. The molecule has 0 aliphatic heterocycles. The van der Waals surface area contributed by atoms with Crippen LogP contribution in [0.2, 0.25) is 5.02 Å². The van der Waals surface area contributed by atoms with Crippen molar-refractivity contribution in [1.29, 1.82) is 0 Å². The van der Waals surface area contributed by atoms with Gasteiger partial charge in [0, 0.05) is 42.0 Å². The number of benzene rings is 1.